The second-order valence-electron chi connectivity index (χ2n) is 9.21. The Kier molecular flexibility index (Phi) is 8.92. The second-order valence-corrected chi connectivity index (χ2v) is 13.2. The van der Waals surface area contributed by atoms with Gasteiger partial charge >= 0.3 is 0 Å². The maximum atomic E-state index is 13.5. The minimum absolute atomic E-state index is 0.0534. The number of piperidine rings is 1. The fourth-order valence-corrected chi connectivity index (χ4v) is 6.97. The van der Waals surface area contributed by atoms with E-state index in [1.165, 1.54) is 60.7 Å². The Hall–Kier alpha value is -3.03. The maximum Gasteiger partial charge on any atom is 0.264 e. The smallest absolute Gasteiger partial charge is 0.264 e. The molecule has 4 rings (SSSR count). The van der Waals surface area contributed by atoms with Gasteiger partial charge in [0.05, 0.1) is 15.5 Å². The lowest BCUT2D eigenvalue weighted by Gasteiger charge is -2.29. The first-order chi connectivity index (χ1) is 18.4. The predicted molar refractivity (Wildman–Crippen MR) is 148 cm³/mol. The zero-order valence-corrected chi connectivity index (χ0v) is 23.4. The Morgan fingerprint density at radius 3 is 2.08 bits per heavy atom. The molecule has 0 saturated carbocycles. The lowest BCUT2D eigenvalue weighted by atomic mass is 10.1. The number of hydrogen-bond donors (Lipinski definition) is 2. The number of halogens is 2. The molecule has 1 amide bonds. The third-order valence-electron chi connectivity index (χ3n) is 6.29. The molecule has 0 radical (unpaired) electrons. The summed E-state index contributed by atoms with van der Waals surface area (Å²) in [4.78, 5) is 15.0. The summed E-state index contributed by atoms with van der Waals surface area (Å²) in [6, 6.07) is 15.6. The summed E-state index contributed by atoms with van der Waals surface area (Å²) in [5.41, 5.74) is 0.365. The molecule has 0 spiro atoms. The lowest BCUT2D eigenvalue weighted by Crippen LogP contribution is -2.43. The molecule has 208 valence electrons. The Morgan fingerprint density at radius 2 is 1.49 bits per heavy atom. The number of benzene rings is 3. The Morgan fingerprint density at radius 1 is 0.923 bits per heavy atom. The van der Waals surface area contributed by atoms with Crippen LogP contribution in [0.25, 0.3) is 0 Å². The summed E-state index contributed by atoms with van der Waals surface area (Å²) in [6.07, 6.45) is 1.43. The van der Waals surface area contributed by atoms with E-state index in [-0.39, 0.29) is 27.2 Å². The van der Waals surface area contributed by atoms with Crippen molar-refractivity contribution >= 4 is 48.9 Å². The highest BCUT2D eigenvalue weighted by Crippen LogP contribution is 2.25. The van der Waals surface area contributed by atoms with E-state index in [2.05, 4.69) is 14.9 Å². The second kappa shape index (κ2) is 12.0. The molecule has 1 saturated heterocycles. The van der Waals surface area contributed by atoms with Gasteiger partial charge in [0.25, 0.3) is 10.0 Å². The van der Waals surface area contributed by atoms with Gasteiger partial charge in [-0.15, -0.1) is 0 Å². The molecule has 0 aromatic heterocycles. The molecule has 13 heteroatoms. The Labute approximate surface area is 232 Å². The van der Waals surface area contributed by atoms with Crippen LogP contribution in [0.3, 0.4) is 0 Å². The van der Waals surface area contributed by atoms with E-state index in [4.69, 9.17) is 11.6 Å². The molecule has 1 aliphatic rings. The van der Waals surface area contributed by atoms with Gasteiger partial charge in [0.1, 0.15) is 12.4 Å². The van der Waals surface area contributed by atoms with Crippen LogP contribution in [-0.4, -0.2) is 60.4 Å². The van der Waals surface area contributed by atoms with E-state index >= 15 is 0 Å². The van der Waals surface area contributed by atoms with Crippen molar-refractivity contribution in [3.05, 3.63) is 83.6 Å². The van der Waals surface area contributed by atoms with Crippen molar-refractivity contribution in [2.24, 2.45) is 0 Å². The summed E-state index contributed by atoms with van der Waals surface area (Å²) in [5, 5.41) is 2.93. The van der Waals surface area contributed by atoms with Crippen LogP contribution >= 0.6 is 11.6 Å². The lowest BCUT2D eigenvalue weighted by molar-refractivity contribution is -0.114. The van der Waals surface area contributed by atoms with Crippen molar-refractivity contribution in [1.82, 2.24) is 9.62 Å². The van der Waals surface area contributed by atoms with Gasteiger partial charge in [0.15, 0.2) is 0 Å². The molecule has 1 fully saturated rings. The molecular formula is C26H28ClFN4O5S2. The quantitative estimate of drug-likeness (QED) is 0.390. The highest BCUT2D eigenvalue weighted by molar-refractivity contribution is 7.92. The van der Waals surface area contributed by atoms with Crippen molar-refractivity contribution in [2.75, 3.05) is 36.3 Å². The van der Waals surface area contributed by atoms with Gasteiger partial charge in [-0.1, -0.05) is 11.6 Å². The molecule has 0 unspecified atom stereocenters. The maximum absolute atomic E-state index is 13.5. The van der Waals surface area contributed by atoms with Crippen LogP contribution in [0.2, 0.25) is 5.02 Å². The first-order valence-corrected chi connectivity index (χ1v) is 15.4. The third-order valence-corrected chi connectivity index (χ3v) is 9.87. The number of carbonyl (C=O) groups excluding carboxylic acids is 1. The monoisotopic (exact) mass is 594 g/mol. The topological polar surface area (TPSA) is 116 Å². The third kappa shape index (κ3) is 7.34. The molecule has 1 heterocycles. The average Bonchev–Trinajstić information content (AvgIpc) is 2.90. The van der Waals surface area contributed by atoms with Gasteiger partial charge in [-0.25, -0.2) is 25.9 Å². The minimum atomic E-state index is -4.21. The van der Waals surface area contributed by atoms with Crippen LogP contribution in [0.4, 0.5) is 15.8 Å². The van der Waals surface area contributed by atoms with E-state index in [1.807, 2.05) is 7.05 Å². The average molecular weight is 595 g/mol. The molecule has 0 aliphatic carbocycles. The number of hydrogen-bond acceptors (Lipinski definition) is 6. The molecule has 2 N–H and O–H groups in total. The Bertz CT molecular complexity index is 1510. The predicted octanol–water partition coefficient (Wildman–Crippen LogP) is 3.69. The molecule has 9 nitrogen and oxygen atoms in total. The first-order valence-electron chi connectivity index (χ1n) is 12.1. The molecule has 39 heavy (non-hydrogen) atoms. The van der Waals surface area contributed by atoms with Crippen LogP contribution in [-0.2, 0) is 24.8 Å². The van der Waals surface area contributed by atoms with Gasteiger partial charge < -0.3 is 10.2 Å². The fraction of sp³-hybridized carbons (Fsp3) is 0.269. The number of rotatable bonds is 9. The van der Waals surface area contributed by atoms with Crippen LogP contribution in [0, 0.1) is 5.82 Å². The number of carbonyl (C=O) groups is 1. The number of amides is 1. The summed E-state index contributed by atoms with van der Waals surface area (Å²) >= 11 is 5.89. The van der Waals surface area contributed by atoms with Gasteiger partial charge in [-0.2, -0.15) is 0 Å². The zero-order valence-electron chi connectivity index (χ0n) is 21.0. The summed E-state index contributed by atoms with van der Waals surface area (Å²) in [7, 11) is -5.97. The summed E-state index contributed by atoms with van der Waals surface area (Å²) < 4.78 is 69.4. The SMILES string of the molecule is CN1CCC(NS(=O)(=O)c2ccc(NC(=O)CN(c3ccc(F)cc3)S(=O)(=O)c3ccc(Cl)cc3)cc2)CC1. The zero-order chi connectivity index (χ0) is 28.2. The Balaban J connectivity index is 1.48. The van der Waals surface area contributed by atoms with E-state index in [1.54, 1.807) is 0 Å². The molecule has 3 aromatic carbocycles. The van der Waals surface area contributed by atoms with Crippen LogP contribution in [0.5, 0.6) is 0 Å². The first kappa shape index (κ1) is 29.0. The normalized spacial score (nSPS) is 15.2. The van der Waals surface area contributed by atoms with E-state index in [0.29, 0.717) is 17.9 Å². The number of sulfonamides is 2. The van der Waals surface area contributed by atoms with E-state index in [9.17, 15) is 26.0 Å². The van der Waals surface area contributed by atoms with Crippen molar-refractivity contribution < 1.29 is 26.0 Å². The number of nitrogens with zero attached hydrogens (tertiary/aromatic N) is 2. The number of anilines is 2. The van der Waals surface area contributed by atoms with Gasteiger partial charge in [-0.3, -0.25) is 9.10 Å². The largest absolute Gasteiger partial charge is 0.325 e. The molecule has 0 bridgehead atoms. The van der Waals surface area contributed by atoms with Crippen LogP contribution in [0.15, 0.2) is 82.6 Å². The van der Waals surface area contributed by atoms with Crippen LogP contribution in [0.1, 0.15) is 12.8 Å². The van der Waals surface area contributed by atoms with Gasteiger partial charge in [-0.05, 0) is 106 Å². The minimum Gasteiger partial charge on any atom is -0.325 e. The summed E-state index contributed by atoms with van der Waals surface area (Å²) in [6.45, 7) is 0.996. The highest BCUT2D eigenvalue weighted by atomic mass is 35.5. The van der Waals surface area contributed by atoms with Crippen molar-refractivity contribution in [2.45, 2.75) is 28.7 Å². The molecule has 0 atom stereocenters. The summed E-state index contributed by atoms with van der Waals surface area (Å²) in [5.74, 6) is -1.25. The van der Waals surface area contributed by atoms with Crippen molar-refractivity contribution in [1.29, 1.82) is 0 Å². The number of nitrogens with one attached hydrogen (secondary N) is 2. The van der Waals surface area contributed by atoms with E-state index < -0.39 is 38.3 Å². The molecular weight excluding hydrogens is 567 g/mol. The van der Waals surface area contributed by atoms with E-state index in [0.717, 1.165) is 29.5 Å². The highest BCUT2D eigenvalue weighted by Gasteiger charge is 2.28. The molecule has 1 aliphatic heterocycles. The van der Waals surface area contributed by atoms with Crippen molar-refractivity contribution in [3.63, 3.8) is 0 Å². The van der Waals surface area contributed by atoms with Crippen molar-refractivity contribution in [3.8, 4) is 0 Å². The molecule has 3 aromatic rings. The van der Waals surface area contributed by atoms with Gasteiger partial charge in [0, 0.05) is 16.8 Å². The fourth-order valence-electron chi connectivity index (χ4n) is 4.12. The number of likely N-dealkylation sites (tertiary alicyclic amines) is 1. The van der Waals surface area contributed by atoms with Gasteiger partial charge in [0.2, 0.25) is 15.9 Å². The standard InChI is InChI=1S/C26H28ClFN4O5S2/c1-31-16-14-22(15-17-31)30-38(34,35)24-12-6-21(7-13-24)29-26(33)18-32(23-8-4-20(28)5-9-23)39(36,37)25-10-2-19(27)3-11-25/h2-13,22,30H,14-18H2,1H3,(H,29,33). The van der Waals surface area contributed by atoms with Crippen LogP contribution < -0.4 is 14.3 Å².